The van der Waals surface area contributed by atoms with Crippen LogP contribution in [0, 0.1) is 17.3 Å². The summed E-state index contributed by atoms with van der Waals surface area (Å²) < 4.78 is 5.43. The molecular weight excluding hydrogens is 380 g/mol. The van der Waals surface area contributed by atoms with E-state index < -0.39 is 0 Å². The van der Waals surface area contributed by atoms with E-state index >= 15 is 0 Å². The number of Topliss-reactive ketones (excluding diaryl/α,β-unsaturated/α-hetero) is 1. The zero-order valence-corrected chi connectivity index (χ0v) is 17.8. The maximum Gasteiger partial charge on any atom is 0.165 e. The second-order valence-electron chi connectivity index (χ2n) is 9.19. The van der Waals surface area contributed by atoms with Crippen molar-refractivity contribution in [1.82, 2.24) is 0 Å². The van der Waals surface area contributed by atoms with Gasteiger partial charge in [-0.3, -0.25) is 4.79 Å². The van der Waals surface area contributed by atoms with Gasteiger partial charge in [0, 0.05) is 10.4 Å². The fraction of sp³-hybridized carbons (Fsp3) is 0.423. The second kappa shape index (κ2) is 7.02. The summed E-state index contributed by atoms with van der Waals surface area (Å²) in [5, 5.41) is 0.728. The van der Waals surface area contributed by atoms with Crippen molar-refractivity contribution in [1.29, 1.82) is 0 Å². The Morgan fingerprint density at radius 1 is 1.14 bits per heavy atom. The highest BCUT2D eigenvalue weighted by molar-refractivity contribution is 6.30. The monoisotopic (exact) mass is 406 g/mol. The number of hydrogen-bond acceptors (Lipinski definition) is 2. The number of halogens is 1. The van der Waals surface area contributed by atoms with Gasteiger partial charge in [-0.1, -0.05) is 36.7 Å². The third kappa shape index (κ3) is 3.04. The summed E-state index contributed by atoms with van der Waals surface area (Å²) in [5.41, 5.74) is 4.80. The van der Waals surface area contributed by atoms with Crippen molar-refractivity contribution in [3.05, 3.63) is 69.8 Å². The molecule has 0 saturated heterocycles. The predicted molar refractivity (Wildman–Crippen MR) is 117 cm³/mol. The molecule has 2 fully saturated rings. The zero-order valence-electron chi connectivity index (χ0n) is 17.1. The van der Waals surface area contributed by atoms with Gasteiger partial charge in [-0.05, 0) is 102 Å². The van der Waals surface area contributed by atoms with Gasteiger partial charge in [-0.25, -0.2) is 0 Å². The van der Waals surface area contributed by atoms with E-state index in [1.165, 1.54) is 17.5 Å². The van der Waals surface area contributed by atoms with Crippen LogP contribution in [0.4, 0.5) is 0 Å². The fourth-order valence-electron chi connectivity index (χ4n) is 6.25. The van der Waals surface area contributed by atoms with Crippen LogP contribution in [0.5, 0.6) is 5.75 Å². The molecule has 2 aromatic carbocycles. The fourth-order valence-corrected chi connectivity index (χ4v) is 6.37. The Bertz CT molecular complexity index is 990. The van der Waals surface area contributed by atoms with Crippen molar-refractivity contribution in [2.45, 2.75) is 44.9 Å². The average molecular weight is 407 g/mol. The summed E-state index contributed by atoms with van der Waals surface area (Å²) in [6.07, 6.45) is 7.36. The molecule has 4 atom stereocenters. The molecule has 5 rings (SSSR count). The summed E-state index contributed by atoms with van der Waals surface area (Å²) in [5.74, 6) is 2.94. The van der Waals surface area contributed by atoms with Gasteiger partial charge in [-0.2, -0.15) is 0 Å². The molecule has 0 aromatic heterocycles. The van der Waals surface area contributed by atoms with E-state index in [0.29, 0.717) is 23.5 Å². The third-order valence-corrected chi connectivity index (χ3v) is 8.04. The lowest BCUT2D eigenvalue weighted by molar-refractivity contribution is -0.127. The Kier molecular flexibility index (Phi) is 4.58. The Hall–Kier alpha value is -2.06. The average Bonchev–Trinajstić information content (AvgIpc) is 2.99. The maximum absolute atomic E-state index is 13.4. The first kappa shape index (κ1) is 18.9. The molecule has 0 bridgehead atoms. The van der Waals surface area contributed by atoms with Crippen LogP contribution < -0.4 is 4.74 Å². The molecule has 0 unspecified atom stereocenters. The minimum Gasteiger partial charge on any atom is -0.497 e. The number of ketones is 1. The number of methoxy groups -OCH3 is 1. The number of carbonyl (C=O) groups is 1. The molecule has 2 aromatic rings. The van der Waals surface area contributed by atoms with E-state index in [0.717, 1.165) is 47.6 Å². The molecule has 2 saturated carbocycles. The molecule has 3 aliphatic rings. The largest absolute Gasteiger partial charge is 0.497 e. The number of carbonyl (C=O) groups excluding carboxylic acids is 1. The maximum atomic E-state index is 13.4. The highest BCUT2D eigenvalue weighted by Gasteiger charge is 2.56. The van der Waals surface area contributed by atoms with Gasteiger partial charge in [-0.15, -0.1) is 0 Å². The number of aryl methyl sites for hydroxylation is 1. The molecular formula is C26H27ClO2. The third-order valence-electron chi connectivity index (χ3n) is 7.78. The van der Waals surface area contributed by atoms with E-state index in [1.54, 1.807) is 7.11 Å². The highest BCUT2D eigenvalue weighted by Crippen LogP contribution is 2.60. The van der Waals surface area contributed by atoms with E-state index in [9.17, 15) is 4.79 Å². The normalized spacial score (nSPS) is 31.9. The Labute approximate surface area is 177 Å². The minimum absolute atomic E-state index is 0.205. The predicted octanol–water partition coefficient (Wildman–Crippen LogP) is 6.47. The van der Waals surface area contributed by atoms with Crippen LogP contribution in [0.3, 0.4) is 0 Å². The molecule has 0 radical (unpaired) electrons. The van der Waals surface area contributed by atoms with Crippen LogP contribution in [-0.2, 0) is 11.2 Å². The molecule has 150 valence electrons. The summed E-state index contributed by atoms with van der Waals surface area (Å²) in [7, 11) is 1.73. The zero-order chi connectivity index (χ0) is 20.2. The number of rotatable bonds is 2. The SMILES string of the molecule is COc1ccc2c(c1)CC[C@H]1[C@H]2CC[C@@]2(C)C(=O)/C(=C/c3ccc(Cl)cc3)C[C@@H]12. The standard InChI is InChI=1S/C26H27ClO2/c1-26-12-11-22-21-10-8-20(29-2)14-17(21)5-9-23(22)24(26)15-18(25(26)28)13-16-3-6-19(27)7-4-16/h3-4,6-8,10,13-14,22-24H,5,9,11-12,15H2,1-2H3/b18-13+/t22-,23-,24-,26+/m0/s1. The van der Waals surface area contributed by atoms with Crippen LogP contribution in [0.15, 0.2) is 48.0 Å². The summed E-state index contributed by atoms with van der Waals surface area (Å²) >= 11 is 6.02. The molecule has 29 heavy (non-hydrogen) atoms. The lowest BCUT2D eigenvalue weighted by Crippen LogP contribution is -2.42. The van der Waals surface area contributed by atoms with Gasteiger partial charge in [0.15, 0.2) is 5.78 Å². The summed E-state index contributed by atoms with van der Waals surface area (Å²) in [4.78, 5) is 13.4. The smallest absolute Gasteiger partial charge is 0.165 e. The molecule has 0 N–H and O–H groups in total. The van der Waals surface area contributed by atoms with Crippen molar-refractivity contribution in [3.63, 3.8) is 0 Å². The second-order valence-corrected chi connectivity index (χ2v) is 9.63. The van der Waals surface area contributed by atoms with E-state index in [1.807, 2.05) is 24.3 Å². The summed E-state index contributed by atoms with van der Waals surface area (Å²) in [6.45, 7) is 2.22. The van der Waals surface area contributed by atoms with Gasteiger partial charge < -0.3 is 4.74 Å². The topological polar surface area (TPSA) is 26.3 Å². The van der Waals surface area contributed by atoms with Crippen LogP contribution >= 0.6 is 11.6 Å². The lowest BCUT2D eigenvalue weighted by Gasteiger charge is -2.48. The van der Waals surface area contributed by atoms with Crippen molar-refractivity contribution >= 4 is 23.5 Å². The molecule has 2 nitrogen and oxygen atoms in total. The minimum atomic E-state index is -0.205. The first-order valence-corrected chi connectivity index (χ1v) is 11.0. The van der Waals surface area contributed by atoms with E-state index in [2.05, 4.69) is 31.2 Å². The van der Waals surface area contributed by atoms with Crippen molar-refractivity contribution in [2.75, 3.05) is 7.11 Å². The first-order valence-electron chi connectivity index (χ1n) is 10.7. The van der Waals surface area contributed by atoms with Gasteiger partial charge in [0.1, 0.15) is 5.75 Å². The lowest BCUT2D eigenvalue weighted by atomic mass is 9.55. The number of benzene rings is 2. The van der Waals surface area contributed by atoms with Gasteiger partial charge in [0.25, 0.3) is 0 Å². The molecule has 3 aliphatic carbocycles. The molecule has 3 heteroatoms. The Balaban J connectivity index is 1.47. The molecule has 0 aliphatic heterocycles. The number of allylic oxidation sites excluding steroid dienone is 1. The number of hydrogen-bond donors (Lipinski definition) is 0. The van der Waals surface area contributed by atoms with Crippen molar-refractivity contribution in [2.24, 2.45) is 17.3 Å². The van der Waals surface area contributed by atoms with Crippen LogP contribution in [0.25, 0.3) is 6.08 Å². The Morgan fingerprint density at radius 3 is 2.69 bits per heavy atom. The van der Waals surface area contributed by atoms with Gasteiger partial charge in [0.2, 0.25) is 0 Å². The van der Waals surface area contributed by atoms with Gasteiger partial charge >= 0.3 is 0 Å². The first-order chi connectivity index (χ1) is 14.0. The van der Waals surface area contributed by atoms with Crippen molar-refractivity contribution in [3.8, 4) is 5.75 Å². The van der Waals surface area contributed by atoms with E-state index in [-0.39, 0.29) is 5.41 Å². The quantitative estimate of drug-likeness (QED) is 0.534. The molecule has 0 amide bonds. The highest BCUT2D eigenvalue weighted by atomic mass is 35.5. The molecule has 0 spiro atoms. The van der Waals surface area contributed by atoms with Crippen LogP contribution in [0.1, 0.15) is 55.2 Å². The summed E-state index contributed by atoms with van der Waals surface area (Å²) in [6, 6.07) is 14.4. The van der Waals surface area contributed by atoms with Gasteiger partial charge in [0.05, 0.1) is 7.11 Å². The van der Waals surface area contributed by atoms with Crippen LogP contribution in [0.2, 0.25) is 5.02 Å². The molecule has 0 heterocycles. The van der Waals surface area contributed by atoms with Crippen molar-refractivity contribution < 1.29 is 9.53 Å². The van der Waals surface area contributed by atoms with E-state index in [4.69, 9.17) is 16.3 Å². The number of ether oxygens (including phenoxy) is 1. The Morgan fingerprint density at radius 2 is 1.93 bits per heavy atom. The number of fused-ring (bicyclic) bond motifs is 5. The van der Waals surface area contributed by atoms with Crippen LogP contribution in [-0.4, -0.2) is 12.9 Å².